The van der Waals surface area contributed by atoms with Gasteiger partial charge in [0.05, 0.1) is 18.2 Å². The lowest BCUT2D eigenvalue weighted by Crippen LogP contribution is -2.28. The summed E-state index contributed by atoms with van der Waals surface area (Å²) in [6.45, 7) is 3.52. The number of aryl methyl sites for hydroxylation is 1. The van der Waals surface area contributed by atoms with Crippen LogP contribution in [0.1, 0.15) is 37.6 Å². The number of benzene rings is 1. The summed E-state index contributed by atoms with van der Waals surface area (Å²) in [5.74, 6) is -3.50. The molecule has 2 rings (SSSR count). The zero-order chi connectivity index (χ0) is 20.1. The zero-order valence-corrected chi connectivity index (χ0v) is 15.8. The van der Waals surface area contributed by atoms with Crippen LogP contribution in [-0.2, 0) is 9.53 Å². The summed E-state index contributed by atoms with van der Waals surface area (Å²) in [6, 6.07) is 2.61. The van der Waals surface area contributed by atoms with Crippen LogP contribution in [-0.4, -0.2) is 31.4 Å². The van der Waals surface area contributed by atoms with Gasteiger partial charge in [0.15, 0.2) is 0 Å². The van der Waals surface area contributed by atoms with Gasteiger partial charge in [0.2, 0.25) is 5.91 Å². The highest BCUT2D eigenvalue weighted by molar-refractivity contribution is 7.16. The maximum absolute atomic E-state index is 13.5. The molecule has 144 valence electrons. The average Bonchev–Trinajstić information content (AvgIpc) is 2.87. The summed E-state index contributed by atoms with van der Waals surface area (Å²) >= 11 is 1.25. The van der Waals surface area contributed by atoms with Gasteiger partial charge in [-0.05, 0) is 31.5 Å². The molecule has 9 heteroatoms. The first-order chi connectivity index (χ1) is 12.7. The molecule has 2 amide bonds. The molecule has 0 saturated heterocycles. The molecular formula is C18H18F2N2O4S. The molecule has 27 heavy (non-hydrogen) atoms. The van der Waals surface area contributed by atoms with Crippen LogP contribution in [0.25, 0.3) is 0 Å². The van der Waals surface area contributed by atoms with Gasteiger partial charge in [-0.25, -0.2) is 13.6 Å². The second-order valence-corrected chi connectivity index (χ2v) is 6.88. The molecule has 2 N–H and O–H groups in total. The summed E-state index contributed by atoms with van der Waals surface area (Å²) in [7, 11) is 1.25. The Morgan fingerprint density at radius 1 is 1.19 bits per heavy atom. The van der Waals surface area contributed by atoms with Crippen LogP contribution in [0.15, 0.2) is 18.2 Å². The number of nitrogens with one attached hydrogen (secondary N) is 2. The summed E-state index contributed by atoms with van der Waals surface area (Å²) in [5.41, 5.74) is 0.710. The van der Waals surface area contributed by atoms with E-state index in [-0.39, 0.29) is 18.5 Å². The molecule has 0 fully saturated rings. The van der Waals surface area contributed by atoms with Crippen molar-refractivity contribution in [2.45, 2.75) is 20.3 Å². The van der Waals surface area contributed by atoms with Crippen LogP contribution >= 0.6 is 11.3 Å². The topological polar surface area (TPSA) is 84.5 Å². The molecule has 1 aromatic heterocycles. The Morgan fingerprint density at radius 3 is 2.52 bits per heavy atom. The minimum Gasteiger partial charge on any atom is -0.465 e. The molecule has 0 aliphatic rings. The molecule has 0 unspecified atom stereocenters. The van der Waals surface area contributed by atoms with Crippen molar-refractivity contribution >= 4 is 34.1 Å². The number of hydrogen-bond acceptors (Lipinski definition) is 5. The standard InChI is InChI=1S/C18H18F2N2O4S/c1-9-10(2)27-17(15(9)18(25)26-3)22-14(23)6-7-21-16(24)12-5-4-11(19)8-13(12)20/h4-5,8H,6-7H2,1-3H3,(H,21,24)(H,22,23). The van der Waals surface area contributed by atoms with Crippen LogP contribution in [0, 0.1) is 25.5 Å². The Balaban J connectivity index is 1.94. The molecule has 6 nitrogen and oxygen atoms in total. The van der Waals surface area contributed by atoms with E-state index in [0.29, 0.717) is 16.6 Å². The van der Waals surface area contributed by atoms with Crippen molar-refractivity contribution < 1.29 is 27.9 Å². The van der Waals surface area contributed by atoms with E-state index < -0.39 is 29.4 Å². The van der Waals surface area contributed by atoms with Crippen LogP contribution in [0.2, 0.25) is 0 Å². The van der Waals surface area contributed by atoms with Crippen molar-refractivity contribution in [1.29, 1.82) is 0 Å². The van der Waals surface area contributed by atoms with E-state index in [1.165, 1.54) is 18.4 Å². The quantitative estimate of drug-likeness (QED) is 0.735. The van der Waals surface area contributed by atoms with Crippen molar-refractivity contribution in [3.05, 3.63) is 51.4 Å². The van der Waals surface area contributed by atoms with Gasteiger partial charge in [-0.1, -0.05) is 0 Å². The van der Waals surface area contributed by atoms with E-state index in [4.69, 9.17) is 4.74 Å². The Kier molecular flexibility index (Phi) is 6.62. The normalized spacial score (nSPS) is 10.4. The molecule has 0 spiro atoms. The molecule has 1 aromatic carbocycles. The average molecular weight is 396 g/mol. The van der Waals surface area contributed by atoms with Crippen molar-refractivity contribution in [1.82, 2.24) is 5.32 Å². The maximum Gasteiger partial charge on any atom is 0.341 e. The van der Waals surface area contributed by atoms with Crippen molar-refractivity contribution in [3.8, 4) is 0 Å². The number of ether oxygens (including phenoxy) is 1. The van der Waals surface area contributed by atoms with Crippen molar-refractivity contribution in [2.24, 2.45) is 0 Å². The zero-order valence-electron chi connectivity index (χ0n) is 14.9. The highest BCUT2D eigenvalue weighted by atomic mass is 32.1. The fourth-order valence-electron chi connectivity index (χ4n) is 2.31. The number of anilines is 1. The first kappa shape index (κ1) is 20.5. The number of halogens is 2. The third-order valence-corrected chi connectivity index (χ3v) is 4.96. The molecule has 0 aliphatic carbocycles. The van der Waals surface area contributed by atoms with Gasteiger partial charge in [-0.2, -0.15) is 0 Å². The fraction of sp³-hybridized carbons (Fsp3) is 0.278. The van der Waals surface area contributed by atoms with Gasteiger partial charge in [-0.15, -0.1) is 11.3 Å². The van der Waals surface area contributed by atoms with Crippen molar-refractivity contribution in [3.63, 3.8) is 0 Å². The SMILES string of the molecule is COC(=O)c1c(NC(=O)CCNC(=O)c2ccc(F)cc2F)sc(C)c1C. The Labute approximate surface area is 158 Å². The number of carbonyl (C=O) groups is 3. The molecule has 0 bridgehead atoms. The Bertz CT molecular complexity index is 896. The molecule has 2 aromatic rings. The lowest BCUT2D eigenvalue weighted by atomic mass is 10.1. The summed E-state index contributed by atoms with van der Waals surface area (Å²) in [5, 5.41) is 5.39. The van der Waals surface area contributed by atoms with E-state index in [9.17, 15) is 23.2 Å². The Hall–Kier alpha value is -2.81. The molecule has 0 aliphatic heterocycles. The predicted octanol–water partition coefficient (Wildman–Crippen LogP) is 3.19. The largest absolute Gasteiger partial charge is 0.465 e. The monoisotopic (exact) mass is 396 g/mol. The van der Waals surface area contributed by atoms with Crippen LogP contribution in [0.3, 0.4) is 0 Å². The number of methoxy groups -OCH3 is 1. The van der Waals surface area contributed by atoms with Crippen molar-refractivity contribution in [2.75, 3.05) is 19.0 Å². The molecular weight excluding hydrogens is 378 g/mol. The molecule has 1 heterocycles. The third-order valence-electron chi connectivity index (χ3n) is 3.84. The van der Waals surface area contributed by atoms with Crippen LogP contribution in [0.5, 0.6) is 0 Å². The summed E-state index contributed by atoms with van der Waals surface area (Å²) in [4.78, 5) is 36.7. The Morgan fingerprint density at radius 2 is 1.89 bits per heavy atom. The highest BCUT2D eigenvalue weighted by Gasteiger charge is 2.21. The summed E-state index contributed by atoms with van der Waals surface area (Å²) in [6.07, 6.45) is -0.0921. The highest BCUT2D eigenvalue weighted by Crippen LogP contribution is 2.32. The van der Waals surface area contributed by atoms with E-state index in [0.717, 1.165) is 22.6 Å². The third kappa shape index (κ3) is 4.88. The number of amides is 2. The first-order valence-corrected chi connectivity index (χ1v) is 8.77. The van der Waals surface area contributed by atoms with E-state index in [1.807, 2.05) is 6.92 Å². The molecule has 0 saturated carbocycles. The van der Waals surface area contributed by atoms with Crippen LogP contribution < -0.4 is 10.6 Å². The number of thiophene rings is 1. The van der Waals surface area contributed by atoms with E-state index in [1.54, 1.807) is 6.92 Å². The smallest absolute Gasteiger partial charge is 0.341 e. The van der Waals surface area contributed by atoms with Gasteiger partial charge < -0.3 is 15.4 Å². The van der Waals surface area contributed by atoms with Gasteiger partial charge in [0.1, 0.15) is 16.6 Å². The number of esters is 1. The molecule has 0 atom stereocenters. The second-order valence-electron chi connectivity index (χ2n) is 5.66. The fourth-order valence-corrected chi connectivity index (χ4v) is 3.38. The summed E-state index contributed by atoms with van der Waals surface area (Å²) < 4.78 is 31.1. The second kappa shape index (κ2) is 8.72. The lowest BCUT2D eigenvalue weighted by Gasteiger charge is -2.08. The van der Waals surface area contributed by atoms with Gasteiger partial charge in [0, 0.05) is 23.9 Å². The van der Waals surface area contributed by atoms with Gasteiger partial charge >= 0.3 is 5.97 Å². The number of hydrogen-bond donors (Lipinski definition) is 2. The van der Waals surface area contributed by atoms with Gasteiger partial charge in [-0.3, -0.25) is 9.59 Å². The van der Waals surface area contributed by atoms with E-state index >= 15 is 0 Å². The number of rotatable bonds is 6. The molecule has 0 radical (unpaired) electrons. The van der Waals surface area contributed by atoms with Crippen LogP contribution in [0.4, 0.5) is 13.8 Å². The maximum atomic E-state index is 13.5. The number of carbonyl (C=O) groups excluding carboxylic acids is 3. The van der Waals surface area contributed by atoms with E-state index in [2.05, 4.69) is 10.6 Å². The van der Waals surface area contributed by atoms with Gasteiger partial charge in [0.25, 0.3) is 5.91 Å². The minimum atomic E-state index is -0.982. The lowest BCUT2D eigenvalue weighted by molar-refractivity contribution is -0.116. The predicted molar refractivity (Wildman–Crippen MR) is 97.1 cm³/mol. The minimum absolute atomic E-state index is 0.0572. The first-order valence-electron chi connectivity index (χ1n) is 7.96.